The Morgan fingerprint density at radius 2 is 1.93 bits per heavy atom. The van der Waals surface area contributed by atoms with E-state index in [-0.39, 0.29) is 0 Å². The lowest BCUT2D eigenvalue weighted by Gasteiger charge is -2.24. The van der Waals surface area contributed by atoms with Crippen molar-refractivity contribution in [1.29, 1.82) is 0 Å². The van der Waals surface area contributed by atoms with E-state index in [2.05, 4.69) is 10.2 Å². The van der Waals surface area contributed by atoms with Gasteiger partial charge in [0.2, 0.25) is 0 Å². The zero-order valence-corrected chi connectivity index (χ0v) is 9.94. The number of rotatable bonds is 4. The normalized spacial score (nSPS) is 22.6. The van der Waals surface area contributed by atoms with Gasteiger partial charge in [-0.3, -0.25) is 4.21 Å². The van der Waals surface area contributed by atoms with Gasteiger partial charge in [0.15, 0.2) is 0 Å². The second-order valence-electron chi connectivity index (χ2n) is 3.93. The van der Waals surface area contributed by atoms with Gasteiger partial charge in [-0.05, 0) is 52.0 Å². The quantitative estimate of drug-likeness (QED) is 0.743. The number of hydrogen-bond donors (Lipinski definition) is 1. The van der Waals surface area contributed by atoms with Crippen LogP contribution in [0, 0.1) is 0 Å². The third-order valence-electron chi connectivity index (χ3n) is 2.56. The van der Waals surface area contributed by atoms with Crippen LogP contribution in [-0.4, -0.2) is 53.8 Å². The summed E-state index contributed by atoms with van der Waals surface area (Å²) >= 11 is 0. The topological polar surface area (TPSA) is 32.3 Å². The minimum atomic E-state index is -0.617. The molecule has 1 saturated heterocycles. The molecule has 1 heterocycles. The molecular formula is C10H22N2OS. The first-order chi connectivity index (χ1) is 6.79. The summed E-state index contributed by atoms with van der Waals surface area (Å²) in [6.45, 7) is 5.82. The Kier molecular flexibility index (Phi) is 6.39. The van der Waals surface area contributed by atoms with Crippen LogP contribution in [0.1, 0.15) is 19.3 Å². The lowest BCUT2D eigenvalue weighted by molar-refractivity contribution is 0.253. The fraction of sp³-hybridized carbons (Fsp3) is 1.00. The third kappa shape index (κ3) is 5.73. The van der Waals surface area contributed by atoms with Crippen molar-refractivity contribution in [3.63, 3.8) is 0 Å². The molecule has 0 aliphatic carbocycles. The van der Waals surface area contributed by atoms with Crippen molar-refractivity contribution in [1.82, 2.24) is 10.2 Å². The summed E-state index contributed by atoms with van der Waals surface area (Å²) in [5.41, 5.74) is 0. The van der Waals surface area contributed by atoms with Crippen LogP contribution < -0.4 is 5.32 Å². The summed E-state index contributed by atoms with van der Waals surface area (Å²) in [4.78, 5) is 2.51. The van der Waals surface area contributed by atoms with Gasteiger partial charge < -0.3 is 10.2 Å². The molecule has 0 spiro atoms. The minimum absolute atomic E-state index is 0.617. The van der Waals surface area contributed by atoms with Gasteiger partial charge in [-0.2, -0.15) is 0 Å². The third-order valence-corrected chi connectivity index (χ3v) is 3.43. The molecule has 0 aromatic rings. The summed E-state index contributed by atoms with van der Waals surface area (Å²) in [7, 11) is -0.617. The lowest BCUT2D eigenvalue weighted by atomic mass is 10.2. The van der Waals surface area contributed by atoms with Crippen molar-refractivity contribution in [3.05, 3.63) is 0 Å². The summed E-state index contributed by atoms with van der Waals surface area (Å²) in [6, 6.07) is 0. The van der Waals surface area contributed by atoms with E-state index in [1.807, 2.05) is 0 Å². The molecule has 3 nitrogen and oxygen atoms in total. The number of hydrogen-bond acceptors (Lipinski definition) is 3. The highest BCUT2D eigenvalue weighted by atomic mass is 32.2. The Morgan fingerprint density at radius 1 is 1.29 bits per heavy atom. The van der Waals surface area contributed by atoms with Gasteiger partial charge >= 0.3 is 0 Å². The van der Waals surface area contributed by atoms with Crippen LogP contribution in [0.2, 0.25) is 0 Å². The Bertz CT molecular complexity index is 168. The molecule has 0 amide bonds. The van der Waals surface area contributed by atoms with E-state index < -0.39 is 10.8 Å². The summed E-state index contributed by atoms with van der Waals surface area (Å²) < 4.78 is 10.9. The number of nitrogens with zero attached hydrogens (tertiary/aromatic N) is 1. The molecule has 4 heteroatoms. The van der Waals surface area contributed by atoms with Gasteiger partial charge in [0.25, 0.3) is 0 Å². The Hall–Kier alpha value is 0.0700. The van der Waals surface area contributed by atoms with E-state index in [0.29, 0.717) is 0 Å². The molecule has 1 aliphatic rings. The standard InChI is InChI=1S/C10H22N2OS/c1-14(13)10-4-9-12-7-2-5-11-6-3-8-12/h11H,2-10H2,1H3. The smallest absolute Gasteiger partial charge is 0.0244 e. The first kappa shape index (κ1) is 12.1. The molecule has 1 fully saturated rings. The maximum atomic E-state index is 10.9. The van der Waals surface area contributed by atoms with E-state index >= 15 is 0 Å². The average Bonchev–Trinajstić information content (AvgIpc) is 2.07. The fourth-order valence-corrected chi connectivity index (χ4v) is 2.34. The molecule has 0 bridgehead atoms. The van der Waals surface area contributed by atoms with Crippen LogP contribution in [0.3, 0.4) is 0 Å². The van der Waals surface area contributed by atoms with Crippen molar-refractivity contribution in [2.45, 2.75) is 19.3 Å². The molecule has 1 N–H and O–H groups in total. The van der Waals surface area contributed by atoms with Crippen molar-refractivity contribution in [2.24, 2.45) is 0 Å². The summed E-state index contributed by atoms with van der Waals surface area (Å²) in [6.07, 6.45) is 5.36. The zero-order valence-electron chi connectivity index (χ0n) is 9.13. The van der Waals surface area contributed by atoms with Crippen molar-refractivity contribution in [2.75, 3.05) is 44.7 Å². The molecule has 0 radical (unpaired) electrons. The maximum Gasteiger partial charge on any atom is 0.0244 e. The SMILES string of the molecule is CS(=O)CCCN1CCCNCCC1. The molecule has 0 saturated carbocycles. The molecule has 1 aliphatic heterocycles. The van der Waals surface area contributed by atoms with Crippen LogP contribution in [0.5, 0.6) is 0 Å². The fourth-order valence-electron chi connectivity index (χ4n) is 1.81. The highest BCUT2D eigenvalue weighted by Crippen LogP contribution is 1.99. The lowest BCUT2D eigenvalue weighted by Crippen LogP contribution is -2.34. The monoisotopic (exact) mass is 218 g/mol. The van der Waals surface area contributed by atoms with Gasteiger partial charge in [0.05, 0.1) is 0 Å². The van der Waals surface area contributed by atoms with Gasteiger partial charge in [-0.15, -0.1) is 0 Å². The van der Waals surface area contributed by atoms with Crippen LogP contribution in [0.25, 0.3) is 0 Å². The summed E-state index contributed by atoms with van der Waals surface area (Å²) in [5, 5.41) is 3.41. The maximum absolute atomic E-state index is 10.9. The van der Waals surface area contributed by atoms with E-state index in [1.165, 1.54) is 25.9 Å². The molecule has 0 aromatic heterocycles. The number of nitrogens with one attached hydrogen (secondary N) is 1. The van der Waals surface area contributed by atoms with Crippen molar-refractivity contribution >= 4 is 10.8 Å². The van der Waals surface area contributed by atoms with Crippen LogP contribution >= 0.6 is 0 Å². The van der Waals surface area contributed by atoms with E-state index in [4.69, 9.17) is 0 Å². The Balaban J connectivity index is 2.10. The largest absolute Gasteiger partial charge is 0.317 e. The van der Waals surface area contributed by atoms with E-state index in [1.54, 1.807) is 6.26 Å². The molecule has 1 unspecified atom stereocenters. The predicted molar refractivity (Wildman–Crippen MR) is 62.1 cm³/mol. The molecule has 1 atom stereocenters. The van der Waals surface area contributed by atoms with Crippen molar-refractivity contribution < 1.29 is 4.21 Å². The Morgan fingerprint density at radius 3 is 2.50 bits per heavy atom. The summed E-state index contributed by atoms with van der Waals surface area (Å²) in [5.74, 6) is 0.856. The van der Waals surface area contributed by atoms with Crippen LogP contribution in [0.15, 0.2) is 0 Å². The molecule has 1 rings (SSSR count). The van der Waals surface area contributed by atoms with Crippen molar-refractivity contribution in [3.8, 4) is 0 Å². The molecule has 14 heavy (non-hydrogen) atoms. The highest BCUT2D eigenvalue weighted by molar-refractivity contribution is 7.84. The van der Waals surface area contributed by atoms with Gasteiger partial charge in [0.1, 0.15) is 0 Å². The first-order valence-electron chi connectivity index (χ1n) is 5.52. The minimum Gasteiger partial charge on any atom is -0.317 e. The molecule has 0 aromatic carbocycles. The zero-order chi connectivity index (χ0) is 10.2. The average molecular weight is 218 g/mol. The van der Waals surface area contributed by atoms with Gasteiger partial charge in [-0.25, -0.2) is 0 Å². The molecular weight excluding hydrogens is 196 g/mol. The second kappa shape index (κ2) is 7.37. The predicted octanol–water partition coefficient (Wildman–Crippen LogP) is 0.440. The van der Waals surface area contributed by atoms with E-state index in [9.17, 15) is 4.21 Å². The van der Waals surface area contributed by atoms with E-state index in [0.717, 1.165) is 31.8 Å². The molecule has 84 valence electrons. The van der Waals surface area contributed by atoms with Gasteiger partial charge in [0, 0.05) is 22.8 Å². The Labute approximate surface area is 89.7 Å². The van der Waals surface area contributed by atoms with Crippen LogP contribution in [-0.2, 0) is 10.8 Å². The van der Waals surface area contributed by atoms with Crippen LogP contribution in [0.4, 0.5) is 0 Å². The highest BCUT2D eigenvalue weighted by Gasteiger charge is 2.06. The first-order valence-corrected chi connectivity index (χ1v) is 7.25. The van der Waals surface area contributed by atoms with Gasteiger partial charge in [-0.1, -0.05) is 0 Å². The second-order valence-corrected chi connectivity index (χ2v) is 5.48.